The number of rotatable bonds is 5. The van der Waals surface area contributed by atoms with Gasteiger partial charge in [0.1, 0.15) is 5.25 Å². The topological polar surface area (TPSA) is 83.6 Å². The highest BCUT2D eigenvalue weighted by molar-refractivity contribution is 9.10. The summed E-state index contributed by atoms with van der Waals surface area (Å²) in [5, 5.41) is 1.53. The van der Waals surface area contributed by atoms with Crippen molar-refractivity contribution in [2.24, 2.45) is 0 Å². The van der Waals surface area contributed by atoms with E-state index in [0.717, 1.165) is 21.2 Å². The standard InChI is InChI=1S/C14H19BrN2O4S/c1-9-7-11(15)5-6-12(9)16-13(18)8-17(3)14(19)10(2)22(4,20)21/h5-7,10H,8H2,1-4H3,(H,16,18). The predicted octanol–water partition coefficient (Wildman–Crippen LogP) is 1.59. The van der Waals surface area contributed by atoms with Gasteiger partial charge in [0.05, 0.1) is 6.54 Å². The van der Waals surface area contributed by atoms with Gasteiger partial charge in [-0.15, -0.1) is 0 Å². The Kier molecular flexibility index (Phi) is 6.13. The molecular formula is C14H19BrN2O4S. The maximum atomic E-state index is 12.0. The molecule has 0 radical (unpaired) electrons. The molecule has 0 saturated heterocycles. The number of likely N-dealkylation sites (N-methyl/N-ethyl adjacent to an activating group) is 1. The lowest BCUT2D eigenvalue weighted by molar-refractivity contribution is -0.132. The number of carbonyl (C=O) groups is 2. The van der Waals surface area contributed by atoms with E-state index < -0.39 is 21.0 Å². The molecule has 0 saturated carbocycles. The van der Waals surface area contributed by atoms with Gasteiger partial charge in [0.25, 0.3) is 0 Å². The van der Waals surface area contributed by atoms with Crippen molar-refractivity contribution in [1.29, 1.82) is 0 Å². The summed E-state index contributed by atoms with van der Waals surface area (Å²) in [6, 6.07) is 5.40. The van der Waals surface area contributed by atoms with Crippen LogP contribution in [0.1, 0.15) is 12.5 Å². The molecule has 1 aromatic rings. The second-order valence-electron chi connectivity index (χ2n) is 5.17. The third kappa shape index (κ3) is 5.10. The summed E-state index contributed by atoms with van der Waals surface area (Å²) in [6.07, 6.45) is 0.995. The van der Waals surface area contributed by atoms with Crippen LogP contribution in [0.4, 0.5) is 5.69 Å². The fraction of sp³-hybridized carbons (Fsp3) is 0.429. The van der Waals surface area contributed by atoms with E-state index in [0.29, 0.717) is 5.69 Å². The number of carbonyl (C=O) groups excluding carboxylic acids is 2. The summed E-state index contributed by atoms with van der Waals surface area (Å²) in [7, 11) is -2.08. The lowest BCUT2D eigenvalue weighted by Crippen LogP contribution is -2.42. The maximum Gasteiger partial charge on any atom is 0.243 e. The Labute approximate surface area is 138 Å². The number of nitrogens with one attached hydrogen (secondary N) is 1. The van der Waals surface area contributed by atoms with E-state index in [9.17, 15) is 18.0 Å². The number of sulfone groups is 1. The monoisotopic (exact) mass is 390 g/mol. The molecule has 8 heteroatoms. The van der Waals surface area contributed by atoms with Crippen LogP contribution in [0.5, 0.6) is 0 Å². The normalized spacial score (nSPS) is 12.6. The van der Waals surface area contributed by atoms with Gasteiger partial charge in [-0.05, 0) is 37.6 Å². The Bertz CT molecular complexity index is 688. The van der Waals surface area contributed by atoms with Gasteiger partial charge in [0.2, 0.25) is 11.8 Å². The van der Waals surface area contributed by atoms with Crippen molar-refractivity contribution in [3.63, 3.8) is 0 Å². The molecule has 0 aliphatic heterocycles. The Balaban J connectivity index is 2.70. The zero-order valence-electron chi connectivity index (χ0n) is 12.9. The van der Waals surface area contributed by atoms with Gasteiger partial charge in [0, 0.05) is 23.5 Å². The number of hydrogen-bond donors (Lipinski definition) is 1. The summed E-state index contributed by atoms with van der Waals surface area (Å²) >= 11 is 3.33. The molecular weight excluding hydrogens is 372 g/mol. The van der Waals surface area contributed by atoms with Crippen LogP contribution in [0.15, 0.2) is 22.7 Å². The number of amides is 2. The zero-order valence-corrected chi connectivity index (χ0v) is 15.3. The average Bonchev–Trinajstić information content (AvgIpc) is 2.39. The molecule has 0 fully saturated rings. The fourth-order valence-corrected chi connectivity index (χ4v) is 2.77. The van der Waals surface area contributed by atoms with Crippen molar-refractivity contribution in [1.82, 2.24) is 4.90 Å². The van der Waals surface area contributed by atoms with Gasteiger partial charge in [-0.3, -0.25) is 9.59 Å². The van der Waals surface area contributed by atoms with Crippen molar-refractivity contribution in [2.75, 3.05) is 25.2 Å². The molecule has 0 bridgehead atoms. The Morgan fingerprint density at radius 3 is 2.45 bits per heavy atom. The molecule has 1 rings (SSSR count). The van der Waals surface area contributed by atoms with Gasteiger partial charge in [-0.1, -0.05) is 15.9 Å². The highest BCUT2D eigenvalue weighted by atomic mass is 79.9. The molecule has 1 atom stereocenters. The Hall–Kier alpha value is -1.41. The van der Waals surface area contributed by atoms with Gasteiger partial charge >= 0.3 is 0 Å². The van der Waals surface area contributed by atoms with Crippen molar-refractivity contribution in [3.05, 3.63) is 28.2 Å². The van der Waals surface area contributed by atoms with Gasteiger partial charge < -0.3 is 10.2 Å². The lowest BCUT2D eigenvalue weighted by atomic mass is 10.2. The molecule has 1 aromatic carbocycles. The molecule has 0 spiro atoms. The minimum Gasteiger partial charge on any atom is -0.335 e. The first kappa shape index (κ1) is 18.6. The molecule has 0 heterocycles. The van der Waals surface area contributed by atoms with Crippen molar-refractivity contribution < 1.29 is 18.0 Å². The summed E-state index contributed by atoms with van der Waals surface area (Å²) in [6.45, 7) is 2.94. The average molecular weight is 391 g/mol. The summed E-state index contributed by atoms with van der Waals surface area (Å²) in [5.74, 6) is -0.993. The minimum absolute atomic E-state index is 0.214. The van der Waals surface area contributed by atoms with Gasteiger partial charge in [-0.2, -0.15) is 0 Å². The van der Waals surface area contributed by atoms with E-state index in [-0.39, 0.29) is 12.5 Å². The van der Waals surface area contributed by atoms with E-state index in [1.165, 1.54) is 14.0 Å². The van der Waals surface area contributed by atoms with E-state index in [1.54, 1.807) is 12.1 Å². The fourth-order valence-electron chi connectivity index (χ4n) is 1.74. The number of anilines is 1. The molecule has 0 aliphatic rings. The molecule has 122 valence electrons. The van der Waals surface area contributed by atoms with Crippen LogP contribution in [0.2, 0.25) is 0 Å². The number of aryl methyl sites for hydroxylation is 1. The molecule has 22 heavy (non-hydrogen) atoms. The highest BCUT2D eigenvalue weighted by Crippen LogP contribution is 2.19. The predicted molar refractivity (Wildman–Crippen MR) is 89.5 cm³/mol. The zero-order chi connectivity index (χ0) is 17.1. The highest BCUT2D eigenvalue weighted by Gasteiger charge is 2.27. The van der Waals surface area contributed by atoms with E-state index >= 15 is 0 Å². The van der Waals surface area contributed by atoms with E-state index in [4.69, 9.17) is 0 Å². The van der Waals surface area contributed by atoms with Crippen molar-refractivity contribution in [2.45, 2.75) is 19.1 Å². The van der Waals surface area contributed by atoms with Crippen LogP contribution in [-0.4, -0.2) is 50.2 Å². The lowest BCUT2D eigenvalue weighted by Gasteiger charge is -2.20. The Morgan fingerprint density at radius 1 is 1.36 bits per heavy atom. The molecule has 1 unspecified atom stereocenters. The molecule has 0 aliphatic carbocycles. The quantitative estimate of drug-likeness (QED) is 0.826. The Morgan fingerprint density at radius 2 is 1.95 bits per heavy atom. The van der Waals surface area contributed by atoms with Crippen molar-refractivity contribution in [3.8, 4) is 0 Å². The first-order valence-electron chi connectivity index (χ1n) is 6.52. The second-order valence-corrected chi connectivity index (χ2v) is 8.46. The number of benzene rings is 1. The summed E-state index contributed by atoms with van der Waals surface area (Å²) in [5.41, 5.74) is 1.52. The summed E-state index contributed by atoms with van der Waals surface area (Å²) in [4.78, 5) is 25.0. The largest absolute Gasteiger partial charge is 0.335 e. The first-order valence-corrected chi connectivity index (χ1v) is 9.27. The number of halogens is 1. The molecule has 1 N–H and O–H groups in total. The molecule has 0 aromatic heterocycles. The maximum absolute atomic E-state index is 12.0. The van der Waals surface area contributed by atoms with Crippen LogP contribution in [0, 0.1) is 6.92 Å². The van der Waals surface area contributed by atoms with E-state index in [1.807, 2.05) is 13.0 Å². The number of hydrogen-bond acceptors (Lipinski definition) is 4. The van der Waals surface area contributed by atoms with Gasteiger partial charge in [-0.25, -0.2) is 8.42 Å². The van der Waals surface area contributed by atoms with Crippen LogP contribution < -0.4 is 5.32 Å². The van der Waals surface area contributed by atoms with Gasteiger partial charge in [0.15, 0.2) is 9.84 Å². The number of nitrogens with zero attached hydrogens (tertiary/aromatic N) is 1. The summed E-state index contributed by atoms with van der Waals surface area (Å²) < 4.78 is 23.7. The van der Waals surface area contributed by atoms with Crippen LogP contribution in [0.25, 0.3) is 0 Å². The van der Waals surface area contributed by atoms with E-state index in [2.05, 4.69) is 21.2 Å². The first-order chi connectivity index (χ1) is 10.0. The third-order valence-corrected chi connectivity index (χ3v) is 5.19. The molecule has 2 amide bonds. The van der Waals surface area contributed by atoms with Crippen LogP contribution in [0.3, 0.4) is 0 Å². The minimum atomic E-state index is -3.48. The third-order valence-electron chi connectivity index (χ3n) is 3.21. The smallest absolute Gasteiger partial charge is 0.243 e. The van der Waals surface area contributed by atoms with Crippen LogP contribution >= 0.6 is 15.9 Å². The SMILES string of the molecule is Cc1cc(Br)ccc1NC(=O)CN(C)C(=O)C(C)S(C)(=O)=O. The second kappa shape index (κ2) is 7.23. The van der Waals surface area contributed by atoms with Crippen molar-refractivity contribution >= 4 is 43.3 Å². The van der Waals surface area contributed by atoms with Crippen LogP contribution in [-0.2, 0) is 19.4 Å². The molecule has 6 nitrogen and oxygen atoms in total.